The van der Waals surface area contributed by atoms with Gasteiger partial charge in [0.25, 0.3) is 0 Å². The zero-order valence-electron chi connectivity index (χ0n) is 31.7. The Labute approximate surface area is 310 Å². The summed E-state index contributed by atoms with van der Waals surface area (Å²) in [6.45, 7) is 6.50. The standard InChI is InChI=1S/C43H52N4O6/c1-7-24-21-46(3)35-17-32-25-10-8-9-11-33(25)44-38(32)31(15-28(24)37(35)41(49)52-5)30-16-29-26-12-13-47-20-23-14-27(22(2)48)40(47)43(19-23,42(50)53-6)39(26)45-34(29)18-36(30)51-4/h7-11,16,18,22-23,27-28,31,35,37,40,44-45,48H,12-15,17,19-21H2,1-6H3/b24-7-/t22-,23-,27-,28+,31-,35+,37+,40+,43-/m1/s1. The second-order valence-electron chi connectivity index (χ2n) is 16.5. The highest BCUT2D eigenvalue weighted by atomic mass is 16.5. The van der Waals surface area contributed by atoms with Gasteiger partial charge >= 0.3 is 11.9 Å². The average Bonchev–Trinajstić information content (AvgIpc) is 3.69. The molecule has 2 aromatic carbocycles. The van der Waals surface area contributed by atoms with Crippen molar-refractivity contribution < 1.29 is 28.9 Å². The van der Waals surface area contributed by atoms with Gasteiger partial charge < -0.3 is 29.3 Å². The molecule has 10 atom stereocenters. The molecule has 6 bridgehead atoms. The number of fused-ring (bicyclic) bond motifs is 9. The number of esters is 2. The molecule has 1 unspecified atom stereocenters. The smallest absolute Gasteiger partial charge is 0.319 e. The summed E-state index contributed by atoms with van der Waals surface area (Å²) >= 11 is 0. The van der Waals surface area contributed by atoms with Gasteiger partial charge in [0.05, 0.1) is 33.4 Å². The van der Waals surface area contributed by atoms with Crippen molar-refractivity contribution in [1.82, 2.24) is 19.8 Å². The Hall–Kier alpha value is -4.12. The maximum Gasteiger partial charge on any atom is 0.319 e. The molecular weight excluding hydrogens is 668 g/mol. The molecule has 53 heavy (non-hydrogen) atoms. The molecule has 10 rings (SSSR count). The van der Waals surface area contributed by atoms with Crippen LogP contribution in [0.25, 0.3) is 21.8 Å². The number of likely N-dealkylation sites (N-methyl/N-ethyl adjacent to an activating group) is 1. The Kier molecular flexibility index (Phi) is 8.33. The molecule has 280 valence electrons. The SMILES string of the molecule is C/C=C1/CN(C)[C@H]2Cc3c([nH]c4ccccc34)[C@@H](c3cc4c5c([nH]c4cc3OC)[C@]3(C(=O)OC)C[C@H]4C[C@H]([C@@H](C)O)[C@@H]3N(CC5)C4)C[C@@H]1[C@@H]2C(=O)OC. The molecule has 6 heterocycles. The molecule has 3 saturated heterocycles. The number of likely N-dealkylation sites (tertiary alicyclic amines) is 1. The molecule has 2 aromatic heterocycles. The predicted octanol–water partition coefficient (Wildman–Crippen LogP) is 5.46. The lowest BCUT2D eigenvalue weighted by Crippen LogP contribution is -2.68. The highest BCUT2D eigenvalue weighted by Gasteiger charge is 2.64. The topological polar surface area (TPSA) is 120 Å². The first-order valence-electron chi connectivity index (χ1n) is 19.4. The van der Waals surface area contributed by atoms with Crippen molar-refractivity contribution in [3.63, 3.8) is 0 Å². The summed E-state index contributed by atoms with van der Waals surface area (Å²) < 4.78 is 17.5. The van der Waals surface area contributed by atoms with Crippen LogP contribution in [0.4, 0.5) is 0 Å². The third kappa shape index (κ3) is 4.94. The Morgan fingerprint density at radius 1 is 1.04 bits per heavy atom. The van der Waals surface area contributed by atoms with Gasteiger partial charge in [-0.25, -0.2) is 0 Å². The van der Waals surface area contributed by atoms with E-state index in [4.69, 9.17) is 14.2 Å². The number of aromatic amines is 2. The number of rotatable bonds is 5. The van der Waals surface area contributed by atoms with E-state index in [9.17, 15) is 14.7 Å². The second kappa shape index (κ2) is 12.7. The molecule has 0 spiro atoms. The Balaban J connectivity index is 1.27. The van der Waals surface area contributed by atoms with Crippen molar-refractivity contribution in [3.8, 4) is 5.75 Å². The number of hydrogen-bond acceptors (Lipinski definition) is 8. The van der Waals surface area contributed by atoms with Crippen LogP contribution in [-0.4, -0.2) is 103 Å². The molecule has 0 amide bonds. The van der Waals surface area contributed by atoms with Crippen LogP contribution < -0.4 is 4.74 Å². The summed E-state index contributed by atoms with van der Waals surface area (Å²) in [5.41, 5.74) is 7.92. The third-order valence-corrected chi connectivity index (χ3v) is 14.2. The van der Waals surface area contributed by atoms with Crippen LogP contribution in [-0.2, 0) is 37.3 Å². The summed E-state index contributed by atoms with van der Waals surface area (Å²) in [6.07, 6.45) is 5.48. The molecule has 3 N–H and O–H groups in total. The van der Waals surface area contributed by atoms with Crippen LogP contribution in [0.5, 0.6) is 5.75 Å². The first-order chi connectivity index (χ1) is 25.6. The number of methoxy groups -OCH3 is 3. The largest absolute Gasteiger partial charge is 0.496 e. The number of piperidine rings is 3. The van der Waals surface area contributed by atoms with E-state index in [1.807, 2.05) is 6.92 Å². The van der Waals surface area contributed by atoms with Gasteiger partial charge in [0.15, 0.2) is 0 Å². The number of nitrogens with one attached hydrogen (secondary N) is 2. The fraction of sp³-hybridized carbons (Fsp3) is 0.535. The molecule has 4 aromatic rings. The maximum absolute atomic E-state index is 14.2. The maximum atomic E-state index is 14.2. The highest BCUT2D eigenvalue weighted by Crippen LogP contribution is 2.56. The molecule has 10 nitrogen and oxygen atoms in total. The number of hydrogen-bond donors (Lipinski definition) is 3. The monoisotopic (exact) mass is 720 g/mol. The number of aromatic nitrogens is 2. The second-order valence-corrected chi connectivity index (χ2v) is 16.5. The fourth-order valence-corrected chi connectivity index (χ4v) is 12.0. The van der Waals surface area contributed by atoms with E-state index in [-0.39, 0.29) is 47.7 Å². The van der Waals surface area contributed by atoms with Gasteiger partial charge in [0, 0.05) is 88.4 Å². The average molecular weight is 721 g/mol. The van der Waals surface area contributed by atoms with Crippen LogP contribution in [0, 0.1) is 23.7 Å². The zero-order chi connectivity index (χ0) is 36.9. The minimum Gasteiger partial charge on any atom is -0.496 e. The Bertz CT molecular complexity index is 2150. The number of aliphatic hydroxyl groups is 1. The number of benzene rings is 2. The third-order valence-electron chi connectivity index (χ3n) is 14.2. The summed E-state index contributed by atoms with van der Waals surface area (Å²) in [5, 5.41) is 13.3. The van der Waals surface area contributed by atoms with Gasteiger partial charge in [-0.3, -0.25) is 19.4 Å². The van der Waals surface area contributed by atoms with Crippen LogP contribution >= 0.6 is 0 Å². The normalized spacial score (nSPS) is 33.5. The number of nitrogens with zero attached hydrogens (tertiary/aromatic N) is 2. The minimum absolute atomic E-state index is 0.00969. The first-order valence-corrected chi connectivity index (χ1v) is 19.4. The van der Waals surface area contributed by atoms with E-state index in [2.05, 4.69) is 76.2 Å². The van der Waals surface area contributed by atoms with E-state index in [1.54, 1.807) is 7.11 Å². The predicted molar refractivity (Wildman–Crippen MR) is 203 cm³/mol. The molecular formula is C43H52N4O6. The minimum atomic E-state index is -0.905. The van der Waals surface area contributed by atoms with E-state index in [0.29, 0.717) is 25.2 Å². The van der Waals surface area contributed by atoms with Gasteiger partial charge in [-0.2, -0.15) is 0 Å². The molecule has 1 saturated carbocycles. The Morgan fingerprint density at radius 2 is 1.85 bits per heavy atom. The van der Waals surface area contributed by atoms with Crippen molar-refractivity contribution in [3.05, 3.63) is 76.1 Å². The number of carbonyl (C=O) groups is 2. The van der Waals surface area contributed by atoms with E-state index < -0.39 is 11.5 Å². The van der Waals surface area contributed by atoms with E-state index in [1.165, 1.54) is 36.4 Å². The zero-order valence-corrected chi connectivity index (χ0v) is 31.7. The van der Waals surface area contributed by atoms with Gasteiger partial charge in [0.1, 0.15) is 11.2 Å². The van der Waals surface area contributed by atoms with Gasteiger partial charge in [-0.05, 0) is 88.1 Å². The molecule has 0 radical (unpaired) electrons. The molecule has 6 aliphatic rings. The fourth-order valence-electron chi connectivity index (χ4n) is 12.0. The van der Waals surface area contributed by atoms with E-state index >= 15 is 0 Å². The number of ether oxygens (including phenoxy) is 3. The lowest BCUT2D eigenvalue weighted by Gasteiger charge is -2.58. The van der Waals surface area contributed by atoms with Gasteiger partial charge in [-0.1, -0.05) is 29.8 Å². The van der Waals surface area contributed by atoms with Crippen LogP contribution in [0.2, 0.25) is 0 Å². The summed E-state index contributed by atoms with van der Waals surface area (Å²) in [4.78, 5) is 40.5. The quantitative estimate of drug-likeness (QED) is 0.184. The molecule has 4 fully saturated rings. The van der Waals surface area contributed by atoms with Crippen LogP contribution in [0.15, 0.2) is 48.0 Å². The van der Waals surface area contributed by atoms with Crippen molar-refractivity contribution in [2.75, 3.05) is 48.0 Å². The number of para-hydroxylation sites is 1. The summed E-state index contributed by atoms with van der Waals surface area (Å²) in [7, 11) is 6.87. The van der Waals surface area contributed by atoms with Crippen molar-refractivity contribution >= 4 is 33.7 Å². The van der Waals surface area contributed by atoms with Crippen molar-refractivity contribution in [2.24, 2.45) is 23.7 Å². The lowest BCUT2D eigenvalue weighted by molar-refractivity contribution is -0.166. The molecule has 4 aliphatic heterocycles. The highest BCUT2D eigenvalue weighted by molar-refractivity contribution is 5.93. The Morgan fingerprint density at radius 3 is 2.58 bits per heavy atom. The molecule has 2 aliphatic carbocycles. The summed E-state index contributed by atoms with van der Waals surface area (Å²) in [6, 6.07) is 12.7. The number of carbonyl (C=O) groups excluding carboxylic acids is 2. The first kappa shape index (κ1) is 34.6. The number of H-pyrrole nitrogens is 2. The van der Waals surface area contributed by atoms with Crippen molar-refractivity contribution in [2.45, 2.75) is 75.5 Å². The van der Waals surface area contributed by atoms with Crippen LogP contribution in [0.1, 0.15) is 67.1 Å². The number of aliphatic hydroxyl groups excluding tert-OH is 1. The summed E-state index contributed by atoms with van der Waals surface area (Å²) in [5.74, 6) is 0.188. The van der Waals surface area contributed by atoms with Crippen molar-refractivity contribution in [1.29, 1.82) is 0 Å². The van der Waals surface area contributed by atoms with E-state index in [0.717, 1.165) is 71.5 Å². The van der Waals surface area contributed by atoms with Gasteiger partial charge in [0.2, 0.25) is 0 Å². The van der Waals surface area contributed by atoms with Gasteiger partial charge in [-0.15, -0.1) is 0 Å². The molecule has 10 heteroatoms. The number of allylic oxidation sites excluding steroid dienone is 1. The lowest BCUT2D eigenvalue weighted by atomic mass is 9.56. The van der Waals surface area contributed by atoms with Crippen LogP contribution in [0.3, 0.4) is 0 Å².